The lowest BCUT2D eigenvalue weighted by atomic mass is 10.0. The number of nitro benzene ring substituents is 1. The van der Waals surface area contributed by atoms with Gasteiger partial charge in [0.2, 0.25) is 0 Å². The molecule has 0 saturated heterocycles. The van der Waals surface area contributed by atoms with E-state index in [2.05, 4.69) is 5.32 Å². The number of rotatable bonds is 8. The average molecular weight is 292 g/mol. The number of hydrogen-bond donors (Lipinski definition) is 1. The van der Waals surface area contributed by atoms with Crippen LogP contribution >= 0.6 is 0 Å². The Balaban J connectivity index is 1.86. The molecule has 0 atom stereocenters. The molecular weight excluding hydrogens is 268 g/mol. The van der Waals surface area contributed by atoms with Crippen LogP contribution in [-0.2, 0) is 0 Å². The zero-order valence-corrected chi connectivity index (χ0v) is 12.6. The topological polar surface area (TPSA) is 64.4 Å². The van der Waals surface area contributed by atoms with E-state index >= 15 is 0 Å². The second-order valence-corrected chi connectivity index (χ2v) is 5.63. The first-order valence-electron chi connectivity index (χ1n) is 7.85. The molecule has 0 spiro atoms. The molecular formula is C16H24N2O3. The van der Waals surface area contributed by atoms with E-state index in [0.29, 0.717) is 12.4 Å². The molecule has 0 heterocycles. The van der Waals surface area contributed by atoms with Gasteiger partial charge in [-0.1, -0.05) is 25.7 Å². The molecule has 0 aliphatic heterocycles. The van der Waals surface area contributed by atoms with Crippen LogP contribution in [0.3, 0.4) is 0 Å². The number of nitrogens with zero attached hydrogens (tertiary/aromatic N) is 1. The second-order valence-electron chi connectivity index (χ2n) is 5.63. The van der Waals surface area contributed by atoms with Crippen molar-refractivity contribution in [2.75, 3.05) is 18.5 Å². The third-order valence-electron chi connectivity index (χ3n) is 4.01. The van der Waals surface area contributed by atoms with Crippen LogP contribution < -0.4 is 10.1 Å². The first-order valence-corrected chi connectivity index (χ1v) is 7.85. The molecule has 0 bridgehead atoms. The summed E-state index contributed by atoms with van der Waals surface area (Å²) in [7, 11) is 0. The quantitative estimate of drug-likeness (QED) is 0.439. The summed E-state index contributed by atoms with van der Waals surface area (Å²) in [5.41, 5.74) is 0.832. The summed E-state index contributed by atoms with van der Waals surface area (Å²) in [5.74, 6) is 1.43. The lowest BCUT2D eigenvalue weighted by Crippen LogP contribution is -2.05. The number of anilines is 1. The Hall–Kier alpha value is -1.78. The first kappa shape index (κ1) is 15.6. The molecule has 21 heavy (non-hydrogen) atoms. The largest absolute Gasteiger partial charge is 0.494 e. The van der Waals surface area contributed by atoms with E-state index in [4.69, 9.17) is 4.74 Å². The van der Waals surface area contributed by atoms with Crippen molar-refractivity contribution in [3.63, 3.8) is 0 Å². The summed E-state index contributed by atoms with van der Waals surface area (Å²) in [4.78, 5) is 10.6. The fourth-order valence-corrected chi connectivity index (χ4v) is 2.96. The van der Waals surface area contributed by atoms with E-state index < -0.39 is 0 Å². The molecule has 1 aromatic rings. The van der Waals surface area contributed by atoms with Crippen molar-refractivity contribution in [3.05, 3.63) is 28.3 Å². The van der Waals surface area contributed by atoms with Gasteiger partial charge in [-0.2, -0.15) is 0 Å². The van der Waals surface area contributed by atoms with Crippen LogP contribution in [0.2, 0.25) is 0 Å². The smallest absolute Gasteiger partial charge is 0.275 e. The fraction of sp³-hybridized carbons (Fsp3) is 0.625. The van der Waals surface area contributed by atoms with E-state index in [1.165, 1.54) is 38.2 Å². The molecule has 1 saturated carbocycles. The van der Waals surface area contributed by atoms with Crippen molar-refractivity contribution < 1.29 is 9.66 Å². The van der Waals surface area contributed by atoms with E-state index in [0.717, 1.165) is 24.6 Å². The van der Waals surface area contributed by atoms with Gasteiger partial charge in [-0.15, -0.1) is 0 Å². The first-order chi connectivity index (χ1) is 10.2. The van der Waals surface area contributed by atoms with Crippen LogP contribution in [0, 0.1) is 16.0 Å². The highest BCUT2D eigenvalue weighted by atomic mass is 16.6. The number of non-ortho nitro benzene ring substituents is 1. The summed E-state index contributed by atoms with van der Waals surface area (Å²) in [6.07, 6.45) is 7.84. The molecule has 0 unspecified atom stereocenters. The number of benzene rings is 1. The Kier molecular flexibility index (Phi) is 5.84. The molecule has 1 N–H and O–H groups in total. The molecule has 5 nitrogen and oxygen atoms in total. The van der Waals surface area contributed by atoms with E-state index in [9.17, 15) is 10.1 Å². The van der Waals surface area contributed by atoms with Crippen molar-refractivity contribution >= 4 is 11.4 Å². The standard InChI is InChI=1S/C16H24N2O3/c1-2-21-16-11-14(10-15(12-16)18(19)20)17-9-5-8-13-6-3-4-7-13/h10-13,17H,2-9H2,1H3. The molecule has 1 aliphatic carbocycles. The summed E-state index contributed by atoms with van der Waals surface area (Å²) < 4.78 is 5.38. The summed E-state index contributed by atoms with van der Waals surface area (Å²) >= 11 is 0. The van der Waals surface area contributed by atoms with Crippen LogP contribution in [0.25, 0.3) is 0 Å². The normalized spacial score (nSPS) is 15.1. The van der Waals surface area contributed by atoms with Crippen molar-refractivity contribution in [3.8, 4) is 5.75 Å². The van der Waals surface area contributed by atoms with E-state index in [1.54, 1.807) is 6.07 Å². The predicted molar refractivity (Wildman–Crippen MR) is 83.9 cm³/mol. The second kappa shape index (κ2) is 7.86. The Labute approximate surface area is 125 Å². The Morgan fingerprint density at radius 2 is 2.10 bits per heavy atom. The van der Waals surface area contributed by atoms with Gasteiger partial charge in [0.15, 0.2) is 0 Å². The third kappa shape index (κ3) is 4.92. The maximum atomic E-state index is 10.9. The van der Waals surface area contributed by atoms with Gasteiger partial charge < -0.3 is 10.1 Å². The third-order valence-corrected chi connectivity index (χ3v) is 4.01. The van der Waals surface area contributed by atoms with E-state index in [1.807, 2.05) is 13.0 Å². The Morgan fingerprint density at radius 3 is 2.76 bits per heavy atom. The van der Waals surface area contributed by atoms with Gasteiger partial charge in [-0.3, -0.25) is 10.1 Å². The molecule has 0 amide bonds. The molecule has 1 aliphatic rings. The van der Waals surface area contributed by atoms with Gasteiger partial charge in [0.1, 0.15) is 5.75 Å². The minimum absolute atomic E-state index is 0.0687. The van der Waals surface area contributed by atoms with Crippen LogP contribution in [0.4, 0.5) is 11.4 Å². The Morgan fingerprint density at radius 1 is 1.33 bits per heavy atom. The number of nitrogens with one attached hydrogen (secondary N) is 1. The lowest BCUT2D eigenvalue weighted by Gasteiger charge is -2.11. The van der Waals surface area contributed by atoms with Crippen molar-refractivity contribution in [1.82, 2.24) is 0 Å². The maximum Gasteiger partial charge on any atom is 0.275 e. The van der Waals surface area contributed by atoms with Crippen molar-refractivity contribution in [2.45, 2.75) is 45.4 Å². The summed E-state index contributed by atoms with van der Waals surface area (Å²) in [6.45, 7) is 3.22. The molecule has 0 radical (unpaired) electrons. The maximum absolute atomic E-state index is 10.9. The summed E-state index contributed by atoms with van der Waals surface area (Å²) in [5, 5.41) is 14.2. The van der Waals surface area contributed by atoms with Gasteiger partial charge in [0.25, 0.3) is 5.69 Å². The van der Waals surface area contributed by atoms with Crippen LogP contribution in [0.15, 0.2) is 18.2 Å². The lowest BCUT2D eigenvalue weighted by molar-refractivity contribution is -0.384. The highest BCUT2D eigenvalue weighted by Gasteiger charge is 2.14. The van der Waals surface area contributed by atoms with E-state index in [-0.39, 0.29) is 10.6 Å². The number of nitro groups is 1. The molecule has 5 heteroatoms. The predicted octanol–water partition coefficient (Wildman–Crippen LogP) is 4.38. The zero-order chi connectivity index (χ0) is 15.1. The Bertz CT molecular complexity index is 471. The molecule has 116 valence electrons. The molecule has 1 fully saturated rings. The van der Waals surface area contributed by atoms with Gasteiger partial charge >= 0.3 is 0 Å². The van der Waals surface area contributed by atoms with Crippen LogP contribution in [0.5, 0.6) is 5.75 Å². The highest BCUT2D eigenvalue weighted by Crippen LogP contribution is 2.29. The highest BCUT2D eigenvalue weighted by molar-refractivity contribution is 5.56. The van der Waals surface area contributed by atoms with Gasteiger partial charge in [-0.25, -0.2) is 0 Å². The minimum Gasteiger partial charge on any atom is -0.494 e. The monoisotopic (exact) mass is 292 g/mol. The molecule has 2 rings (SSSR count). The molecule has 1 aromatic carbocycles. The fourth-order valence-electron chi connectivity index (χ4n) is 2.96. The minimum atomic E-state index is -0.383. The average Bonchev–Trinajstić information content (AvgIpc) is 2.97. The van der Waals surface area contributed by atoms with Crippen LogP contribution in [-0.4, -0.2) is 18.1 Å². The number of hydrogen-bond acceptors (Lipinski definition) is 4. The van der Waals surface area contributed by atoms with Crippen molar-refractivity contribution in [2.24, 2.45) is 5.92 Å². The van der Waals surface area contributed by atoms with Gasteiger partial charge in [-0.05, 0) is 25.7 Å². The molecule has 0 aromatic heterocycles. The van der Waals surface area contributed by atoms with Crippen LogP contribution in [0.1, 0.15) is 45.4 Å². The number of ether oxygens (including phenoxy) is 1. The SMILES string of the molecule is CCOc1cc(NCCCC2CCCC2)cc([N+](=O)[O-])c1. The van der Waals surface area contributed by atoms with Crippen molar-refractivity contribution in [1.29, 1.82) is 0 Å². The summed E-state index contributed by atoms with van der Waals surface area (Å²) in [6, 6.07) is 4.86. The van der Waals surface area contributed by atoms with Gasteiger partial charge in [0.05, 0.1) is 17.6 Å². The van der Waals surface area contributed by atoms with Gasteiger partial charge in [0, 0.05) is 24.4 Å². The zero-order valence-electron chi connectivity index (χ0n) is 12.6.